The van der Waals surface area contributed by atoms with Crippen molar-refractivity contribution in [1.29, 1.82) is 0 Å². The standard InChI is InChI=1S/C22H27Cl2N3O2S/c1-27(15-16-6-4-3-5-7-16)12-11-25-22(29)20(10-13-30-2)26-21(28)18-9-8-17(23)14-19(18)24/h3-9,14,20H,10-13,15H2,1-2H3,(H,25,29)(H,26,28). The molecule has 2 amide bonds. The molecule has 0 bridgehead atoms. The van der Waals surface area contributed by atoms with Crippen molar-refractivity contribution in [2.45, 2.75) is 19.0 Å². The zero-order valence-electron chi connectivity index (χ0n) is 17.2. The van der Waals surface area contributed by atoms with Gasteiger partial charge in [0.2, 0.25) is 5.91 Å². The van der Waals surface area contributed by atoms with Gasteiger partial charge >= 0.3 is 0 Å². The molecule has 1 unspecified atom stereocenters. The predicted molar refractivity (Wildman–Crippen MR) is 127 cm³/mol. The van der Waals surface area contributed by atoms with E-state index in [1.54, 1.807) is 23.9 Å². The normalized spacial score (nSPS) is 11.9. The number of carbonyl (C=O) groups excluding carboxylic acids is 2. The number of hydrogen-bond acceptors (Lipinski definition) is 4. The van der Waals surface area contributed by atoms with Crippen molar-refractivity contribution in [2.24, 2.45) is 0 Å². The van der Waals surface area contributed by atoms with Crippen LogP contribution in [-0.4, -0.2) is 54.9 Å². The maximum absolute atomic E-state index is 12.7. The average Bonchev–Trinajstić information content (AvgIpc) is 2.71. The Kier molecular flexibility index (Phi) is 10.5. The minimum Gasteiger partial charge on any atom is -0.353 e. The molecular weight excluding hydrogens is 441 g/mol. The second-order valence-corrected chi connectivity index (χ2v) is 8.78. The fourth-order valence-electron chi connectivity index (χ4n) is 2.88. The largest absolute Gasteiger partial charge is 0.353 e. The number of carbonyl (C=O) groups is 2. The summed E-state index contributed by atoms with van der Waals surface area (Å²) in [6.07, 6.45) is 2.50. The third-order valence-electron chi connectivity index (χ3n) is 4.50. The molecule has 2 aromatic carbocycles. The van der Waals surface area contributed by atoms with Gasteiger partial charge in [-0.2, -0.15) is 11.8 Å². The van der Waals surface area contributed by atoms with Crippen LogP contribution in [0.5, 0.6) is 0 Å². The number of hydrogen-bond donors (Lipinski definition) is 2. The second kappa shape index (κ2) is 12.8. The smallest absolute Gasteiger partial charge is 0.253 e. The summed E-state index contributed by atoms with van der Waals surface area (Å²) in [5.74, 6) is 0.162. The van der Waals surface area contributed by atoms with Crippen LogP contribution in [0.2, 0.25) is 10.0 Å². The molecule has 0 aromatic heterocycles. The fourth-order valence-corrected chi connectivity index (χ4v) is 3.85. The van der Waals surface area contributed by atoms with Crippen molar-refractivity contribution in [3.63, 3.8) is 0 Å². The van der Waals surface area contributed by atoms with Gasteiger partial charge in [0.15, 0.2) is 0 Å². The number of thioether (sulfide) groups is 1. The lowest BCUT2D eigenvalue weighted by Gasteiger charge is -2.21. The predicted octanol–water partition coefficient (Wildman–Crippen LogP) is 4.09. The van der Waals surface area contributed by atoms with Crippen molar-refractivity contribution in [3.05, 3.63) is 69.7 Å². The highest BCUT2D eigenvalue weighted by atomic mass is 35.5. The summed E-state index contributed by atoms with van der Waals surface area (Å²) in [5.41, 5.74) is 1.52. The van der Waals surface area contributed by atoms with Gasteiger partial charge in [-0.3, -0.25) is 9.59 Å². The van der Waals surface area contributed by atoms with E-state index in [4.69, 9.17) is 23.2 Å². The van der Waals surface area contributed by atoms with E-state index in [2.05, 4.69) is 27.7 Å². The van der Waals surface area contributed by atoms with E-state index in [1.807, 2.05) is 31.5 Å². The summed E-state index contributed by atoms with van der Waals surface area (Å²) < 4.78 is 0. The number of rotatable bonds is 11. The number of halogens is 2. The van der Waals surface area contributed by atoms with Gasteiger partial charge in [-0.25, -0.2) is 0 Å². The third-order valence-corrected chi connectivity index (χ3v) is 5.69. The second-order valence-electron chi connectivity index (χ2n) is 6.95. The van der Waals surface area contributed by atoms with Crippen molar-refractivity contribution < 1.29 is 9.59 Å². The lowest BCUT2D eigenvalue weighted by atomic mass is 10.1. The van der Waals surface area contributed by atoms with Crippen molar-refractivity contribution in [1.82, 2.24) is 15.5 Å². The van der Waals surface area contributed by atoms with Crippen molar-refractivity contribution >= 4 is 46.8 Å². The van der Waals surface area contributed by atoms with Crippen LogP contribution in [0.15, 0.2) is 48.5 Å². The maximum atomic E-state index is 12.7. The van der Waals surface area contributed by atoms with Gasteiger partial charge in [0.25, 0.3) is 5.91 Å². The van der Waals surface area contributed by atoms with E-state index in [1.165, 1.54) is 11.6 Å². The minimum atomic E-state index is -0.629. The molecule has 0 radical (unpaired) electrons. The Labute approximate surface area is 192 Å². The van der Waals surface area contributed by atoms with Crippen LogP contribution in [0.1, 0.15) is 22.3 Å². The molecule has 0 aliphatic heterocycles. The summed E-state index contributed by atoms with van der Waals surface area (Å²) in [5, 5.41) is 6.44. The molecule has 0 fully saturated rings. The van der Waals surface area contributed by atoms with E-state index in [-0.39, 0.29) is 16.8 Å². The van der Waals surface area contributed by atoms with Gasteiger partial charge in [0.05, 0.1) is 10.6 Å². The Morgan fingerprint density at radius 1 is 1.13 bits per heavy atom. The minimum absolute atomic E-state index is 0.199. The molecule has 0 aliphatic rings. The van der Waals surface area contributed by atoms with E-state index in [9.17, 15) is 9.59 Å². The van der Waals surface area contributed by atoms with E-state index in [0.717, 1.165) is 12.3 Å². The van der Waals surface area contributed by atoms with Crippen LogP contribution in [0.4, 0.5) is 0 Å². The zero-order valence-corrected chi connectivity index (χ0v) is 19.5. The highest BCUT2D eigenvalue weighted by Gasteiger charge is 2.22. The Balaban J connectivity index is 1.88. The summed E-state index contributed by atoms with van der Waals surface area (Å²) >= 11 is 13.6. The van der Waals surface area contributed by atoms with Gasteiger partial charge in [-0.1, -0.05) is 53.5 Å². The average molecular weight is 468 g/mol. The first-order valence-electron chi connectivity index (χ1n) is 9.65. The van der Waals surface area contributed by atoms with Crippen LogP contribution in [-0.2, 0) is 11.3 Å². The molecule has 5 nitrogen and oxygen atoms in total. The molecule has 2 aromatic rings. The van der Waals surface area contributed by atoms with Crippen LogP contribution < -0.4 is 10.6 Å². The molecular formula is C22H27Cl2N3O2S. The van der Waals surface area contributed by atoms with E-state index < -0.39 is 6.04 Å². The van der Waals surface area contributed by atoms with E-state index in [0.29, 0.717) is 30.1 Å². The van der Waals surface area contributed by atoms with Crippen LogP contribution in [0.3, 0.4) is 0 Å². The molecule has 0 saturated heterocycles. The van der Waals surface area contributed by atoms with Crippen LogP contribution in [0.25, 0.3) is 0 Å². The zero-order chi connectivity index (χ0) is 21.9. The summed E-state index contributed by atoms with van der Waals surface area (Å²) in [7, 11) is 2.01. The molecule has 0 spiro atoms. The Bertz CT molecular complexity index is 836. The topological polar surface area (TPSA) is 61.4 Å². The first-order valence-corrected chi connectivity index (χ1v) is 11.8. The van der Waals surface area contributed by atoms with Crippen LogP contribution in [0, 0.1) is 0 Å². The highest BCUT2D eigenvalue weighted by Crippen LogP contribution is 2.21. The lowest BCUT2D eigenvalue weighted by molar-refractivity contribution is -0.123. The van der Waals surface area contributed by atoms with Crippen molar-refractivity contribution in [2.75, 3.05) is 32.1 Å². The van der Waals surface area contributed by atoms with Gasteiger partial charge in [0, 0.05) is 24.7 Å². The Morgan fingerprint density at radius 2 is 1.87 bits per heavy atom. The molecule has 162 valence electrons. The van der Waals surface area contributed by atoms with Gasteiger partial charge in [0.1, 0.15) is 6.04 Å². The number of nitrogens with one attached hydrogen (secondary N) is 2. The highest BCUT2D eigenvalue weighted by molar-refractivity contribution is 7.98. The summed E-state index contributed by atoms with van der Waals surface area (Å²) in [4.78, 5) is 27.4. The summed E-state index contributed by atoms with van der Waals surface area (Å²) in [6.45, 7) is 2.00. The van der Waals surface area contributed by atoms with Gasteiger partial charge in [-0.05, 0) is 49.2 Å². The molecule has 0 heterocycles. The van der Waals surface area contributed by atoms with Crippen LogP contribution >= 0.6 is 35.0 Å². The Morgan fingerprint density at radius 3 is 2.53 bits per heavy atom. The number of amides is 2. The number of benzene rings is 2. The number of likely N-dealkylation sites (N-methyl/N-ethyl adjacent to an activating group) is 1. The molecule has 2 N–H and O–H groups in total. The molecule has 30 heavy (non-hydrogen) atoms. The van der Waals surface area contributed by atoms with Gasteiger partial charge < -0.3 is 15.5 Å². The molecule has 0 saturated carbocycles. The Hall–Kier alpha value is -1.73. The summed E-state index contributed by atoms with van der Waals surface area (Å²) in [6, 6.07) is 14.2. The quantitative estimate of drug-likeness (QED) is 0.522. The SMILES string of the molecule is CSCCC(NC(=O)c1ccc(Cl)cc1Cl)C(=O)NCCN(C)Cc1ccccc1. The fraction of sp³-hybridized carbons (Fsp3) is 0.364. The molecule has 2 rings (SSSR count). The molecule has 1 atom stereocenters. The number of nitrogens with zero attached hydrogens (tertiary/aromatic N) is 1. The maximum Gasteiger partial charge on any atom is 0.253 e. The van der Waals surface area contributed by atoms with Crippen molar-refractivity contribution in [3.8, 4) is 0 Å². The molecule has 0 aliphatic carbocycles. The lowest BCUT2D eigenvalue weighted by Crippen LogP contribution is -2.48. The van der Waals surface area contributed by atoms with Gasteiger partial charge in [-0.15, -0.1) is 0 Å². The molecule has 8 heteroatoms. The first-order chi connectivity index (χ1) is 14.4. The first kappa shape index (κ1) is 24.5. The monoisotopic (exact) mass is 467 g/mol. The van der Waals surface area contributed by atoms with E-state index >= 15 is 0 Å². The third kappa shape index (κ3) is 8.19.